The number of nitrogens with one attached hydrogen (secondary N) is 2. The highest BCUT2D eigenvalue weighted by molar-refractivity contribution is 7.89. The average Bonchev–Trinajstić information content (AvgIpc) is 3.44. The van der Waals surface area contributed by atoms with E-state index < -0.39 is 34.0 Å². The summed E-state index contributed by atoms with van der Waals surface area (Å²) >= 11 is 0. The number of fused-ring (bicyclic) bond motifs is 1. The predicted molar refractivity (Wildman–Crippen MR) is 125 cm³/mol. The lowest BCUT2D eigenvalue weighted by Gasteiger charge is -2.27. The van der Waals surface area contributed by atoms with Crippen molar-refractivity contribution in [3.8, 4) is 5.75 Å². The molecule has 0 saturated carbocycles. The zero-order valence-electron chi connectivity index (χ0n) is 18.5. The fourth-order valence-corrected chi connectivity index (χ4v) is 6.32. The van der Waals surface area contributed by atoms with E-state index >= 15 is 0 Å². The maximum absolute atomic E-state index is 13.3. The minimum Gasteiger partial charge on any atom is -0.489 e. The molecule has 34 heavy (non-hydrogen) atoms. The molecule has 2 unspecified atom stereocenters. The number of sulfonamides is 1. The van der Waals surface area contributed by atoms with E-state index in [0.29, 0.717) is 31.7 Å². The number of urea groups is 1. The maximum Gasteiger partial charge on any atom is 0.322 e. The van der Waals surface area contributed by atoms with Crippen LogP contribution in [-0.4, -0.2) is 48.3 Å². The third-order valence-electron chi connectivity index (χ3n) is 6.19. The molecule has 2 N–H and O–H groups in total. The average molecular weight is 481 g/mol. The van der Waals surface area contributed by atoms with Gasteiger partial charge in [-0.05, 0) is 56.2 Å². The van der Waals surface area contributed by atoms with Crippen LogP contribution in [0.3, 0.4) is 0 Å². The fourth-order valence-electron chi connectivity index (χ4n) is 4.62. The molecule has 2 aliphatic heterocycles. The molecular weight excluding hydrogens is 456 g/mol. The lowest BCUT2D eigenvalue weighted by Crippen LogP contribution is -2.49. The molecule has 2 aromatic carbocycles. The Morgan fingerprint density at radius 3 is 2.62 bits per heavy atom. The molecule has 3 aromatic rings. The van der Waals surface area contributed by atoms with Crippen LogP contribution >= 0.6 is 0 Å². The van der Waals surface area contributed by atoms with Gasteiger partial charge in [0.15, 0.2) is 0 Å². The van der Waals surface area contributed by atoms with Crippen LogP contribution in [-0.2, 0) is 21.4 Å². The molecule has 176 valence electrons. The third kappa shape index (κ3) is 4.10. The highest BCUT2D eigenvalue weighted by Crippen LogP contribution is 2.30. The molecule has 0 spiro atoms. The SMILES string of the molecule is Cc1cc(COc2ccc(S(=O)(=O)N3CCCC3C3NC(=O)NC3=O)cc2)c2ccccc2n1. The van der Waals surface area contributed by atoms with Gasteiger partial charge in [0.25, 0.3) is 5.91 Å². The molecule has 2 aliphatic rings. The van der Waals surface area contributed by atoms with E-state index in [0.717, 1.165) is 22.2 Å². The fraction of sp³-hybridized carbons (Fsp3) is 0.292. The number of para-hydroxylation sites is 1. The number of ether oxygens (including phenoxy) is 1. The van der Waals surface area contributed by atoms with Gasteiger partial charge in [0.05, 0.1) is 16.5 Å². The summed E-state index contributed by atoms with van der Waals surface area (Å²) in [6, 6.07) is 14.0. The number of hydrogen-bond acceptors (Lipinski definition) is 6. The summed E-state index contributed by atoms with van der Waals surface area (Å²) in [4.78, 5) is 28.2. The van der Waals surface area contributed by atoms with E-state index in [9.17, 15) is 18.0 Å². The van der Waals surface area contributed by atoms with E-state index in [1.54, 1.807) is 12.1 Å². The Balaban J connectivity index is 1.32. The van der Waals surface area contributed by atoms with Gasteiger partial charge >= 0.3 is 6.03 Å². The zero-order valence-corrected chi connectivity index (χ0v) is 19.3. The summed E-state index contributed by atoms with van der Waals surface area (Å²) < 4.78 is 33.8. The second kappa shape index (κ2) is 8.69. The van der Waals surface area contributed by atoms with Gasteiger partial charge < -0.3 is 10.1 Å². The molecule has 2 atom stereocenters. The number of aryl methyl sites for hydroxylation is 1. The van der Waals surface area contributed by atoms with Gasteiger partial charge in [-0.15, -0.1) is 0 Å². The Kier molecular flexibility index (Phi) is 5.70. The topological polar surface area (TPSA) is 118 Å². The summed E-state index contributed by atoms with van der Waals surface area (Å²) in [5.41, 5.74) is 2.79. The number of pyridine rings is 1. The van der Waals surface area contributed by atoms with E-state index in [1.165, 1.54) is 16.4 Å². The van der Waals surface area contributed by atoms with E-state index in [4.69, 9.17) is 4.74 Å². The second-order valence-electron chi connectivity index (χ2n) is 8.47. The Labute approximate surface area is 197 Å². The Morgan fingerprint density at radius 2 is 1.88 bits per heavy atom. The number of carbonyl (C=O) groups excluding carboxylic acids is 2. The Hall–Kier alpha value is -3.50. The molecule has 2 fully saturated rings. The predicted octanol–water partition coefficient (Wildman–Crippen LogP) is 2.48. The first kappa shape index (κ1) is 22.3. The first-order valence-corrected chi connectivity index (χ1v) is 12.5. The molecule has 5 rings (SSSR count). The number of nitrogens with zero attached hydrogens (tertiary/aromatic N) is 2. The zero-order chi connectivity index (χ0) is 23.9. The van der Waals surface area contributed by atoms with Crippen LogP contribution in [0.2, 0.25) is 0 Å². The summed E-state index contributed by atoms with van der Waals surface area (Å²) in [6.07, 6.45) is 1.11. The summed E-state index contributed by atoms with van der Waals surface area (Å²) in [7, 11) is -3.85. The van der Waals surface area contributed by atoms with Crippen molar-refractivity contribution in [3.05, 3.63) is 65.9 Å². The van der Waals surface area contributed by atoms with Gasteiger partial charge in [-0.25, -0.2) is 13.2 Å². The number of imide groups is 1. The lowest BCUT2D eigenvalue weighted by molar-refractivity contribution is -0.121. The van der Waals surface area contributed by atoms with Crippen molar-refractivity contribution in [1.29, 1.82) is 0 Å². The van der Waals surface area contributed by atoms with Crippen molar-refractivity contribution in [2.45, 2.75) is 43.4 Å². The highest BCUT2D eigenvalue weighted by atomic mass is 32.2. The van der Waals surface area contributed by atoms with Gasteiger partial charge in [0.2, 0.25) is 10.0 Å². The smallest absolute Gasteiger partial charge is 0.322 e. The monoisotopic (exact) mass is 480 g/mol. The van der Waals surface area contributed by atoms with Crippen LogP contribution in [0.15, 0.2) is 59.5 Å². The number of rotatable bonds is 6. The second-order valence-corrected chi connectivity index (χ2v) is 10.4. The van der Waals surface area contributed by atoms with Crippen LogP contribution < -0.4 is 15.4 Å². The van der Waals surface area contributed by atoms with Gasteiger partial charge in [-0.1, -0.05) is 18.2 Å². The van der Waals surface area contributed by atoms with E-state index in [-0.39, 0.29) is 4.90 Å². The highest BCUT2D eigenvalue weighted by Gasteiger charge is 2.45. The Morgan fingerprint density at radius 1 is 1.12 bits per heavy atom. The molecule has 0 aliphatic carbocycles. The minimum atomic E-state index is -3.85. The van der Waals surface area contributed by atoms with Gasteiger partial charge in [-0.3, -0.25) is 15.1 Å². The molecule has 1 aromatic heterocycles. The standard InChI is InChI=1S/C24H24N4O5S/c1-15-13-16(19-5-2-3-6-20(19)25-15)14-33-17-8-10-18(11-9-17)34(31,32)28-12-4-7-21(28)22-23(29)27-24(30)26-22/h2-3,5-6,8-11,13,21-22H,4,7,12,14H2,1H3,(H2,26,27,29,30). The van der Waals surface area contributed by atoms with Gasteiger partial charge in [0.1, 0.15) is 18.4 Å². The maximum atomic E-state index is 13.3. The summed E-state index contributed by atoms with van der Waals surface area (Å²) in [5.74, 6) is 0.0395. The van der Waals surface area contributed by atoms with Crippen molar-refractivity contribution in [3.63, 3.8) is 0 Å². The quantitative estimate of drug-likeness (QED) is 0.524. The van der Waals surface area contributed by atoms with Crippen LogP contribution in [0, 0.1) is 6.92 Å². The van der Waals surface area contributed by atoms with Crippen LogP contribution in [0.5, 0.6) is 5.75 Å². The molecule has 3 amide bonds. The molecule has 0 bridgehead atoms. The third-order valence-corrected chi connectivity index (χ3v) is 8.13. The first-order valence-electron chi connectivity index (χ1n) is 11.0. The number of benzene rings is 2. The van der Waals surface area contributed by atoms with Crippen LogP contribution in [0.1, 0.15) is 24.1 Å². The molecule has 0 radical (unpaired) electrons. The molecule has 9 nitrogen and oxygen atoms in total. The lowest BCUT2D eigenvalue weighted by atomic mass is 10.1. The normalized spacial score (nSPS) is 21.0. The largest absolute Gasteiger partial charge is 0.489 e. The first-order chi connectivity index (χ1) is 16.3. The van der Waals surface area contributed by atoms with Gasteiger partial charge in [-0.2, -0.15) is 4.31 Å². The van der Waals surface area contributed by atoms with Crippen molar-refractivity contribution >= 4 is 32.9 Å². The van der Waals surface area contributed by atoms with Crippen molar-refractivity contribution in [2.24, 2.45) is 0 Å². The Bertz CT molecular complexity index is 1370. The van der Waals surface area contributed by atoms with Crippen molar-refractivity contribution in [2.75, 3.05) is 6.54 Å². The number of aromatic nitrogens is 1. The van der Waals surface area contributed by atoms with Crippen LogP contribution in [0.25, 0.3) is 10.9 Å². The number of amides is 3. The molecule has 10 heteroatoms. The van der Waals surface area contributed by atoms with Crippen LogP contribution in [0.4, 0.5) is 4.79 Å². The van der Waals surface area contributed by atoms with E-state index in [1.807, 2.05) is 37.3 Å². The molecule has 3 heterocycles. The number of carbonyl (C=O) groups is 2. The molecular formula is C24H24N4O5S. The van der Waals surface area contributed by atoms with Crippen molar-refractivity contribution < 1.29 is 22.7 Å². The summed E-state index contributed by atoms with van der Waals surface area (Å²) in [6.45, 7) is 2.54. The molecule has 2 saturated heterocycles. The van der Waals surface area contributed by atoms with Crippen molar-refractivity contribution in [1.82, 2.24) is 19.9 Å². The van der Waals surface area contributed by atoms with Gasteiger partial charge in [0, 0.05) is 23.2 Å². The number of hydrogen-bond donors (Lipinski definition) is 2. The summed E-state index contributed by atoms with van der Waals surface area (Å²) in [5, 5.41) is 5.71. The minimum absolute atomic E-state index is 0.113. The van der Waals surface area contributed by atoms with E-state index in [2.05, 4.69) is 15.6 Å².